The molecule has 1 aliphatic rings. The summed E-state index contributed by atoms with van der Waals surface area (Å²) in [6.07, 6.45) is 5.84. The molecule has 0 saturated heterocycles. The molecule has 0 radical (unpaired) electrons. The van der Waals surface area contributed by atoms with Gasteiger partial charge in [-0.2, -0.15) is 0 Å². The van der Waals surface area contributed by atoms with Crippen molar-refractivity contribution in [3.05, 3.63) is 0 Å². The summed E-state index contributed by atoms with van der Waals surface area (Å²) < 4.78 is 0. The van der Waals surface area contributed by atoms with Crippen LogP contribution >= 0.6 is 0 Å². The van der Waals surface area contributed by atoms with Gasteiger partial charge in [0.25, 0.3) is 0 Å². The zero-order valence-electron chi connectivity index (χ0n) is 5.98. The van der Waals surface area contributed by atoms with Gasteiger partial charge in [0.1, 0.15) is 0 Å². The Labute approximate surface area is 52.3 Å². The molecule has 1 saturated carbocycles. The Kier molecular flexibility index (Phi) is 1.93. The van der Waals surface area contributed by atoms with E-state index in [1.54, 1.807) is 0 Å². The Morgan fingerprint density at radius 2 is 2.12 bits per heavy atom. The third-order valence-corrected chi connectivity index (χ3v) is 2.20. The normalized spacial score (nSPS) is 35.2. The number of rotatable bonds is 3. The second-order valence-electron chi connectivity index (χ2n) is 3.12. The van der Waals surface area contributed by atoms with Crippen LogP contribution in [0, 0.1) is 11.8 Å². The molecule has 48 valence electrons. The van der Waals surface area contributed by atoms with Gasteiger partial charge in [-0.1, -0.05) is 33.1 Å². The Balaban J connectivity index is 1.89. The van der Waals surface area contributed by atoms with E-state index in [9.17, 15) is 0 Å². The lowest BCUT2D eigenvalue weighted by Gasteiger charge is -1.91. The molecule has 0 aromatic carbocycles. The molecule has 1 rings (SSSR count). The van der Waals surface area contributed by atoms with Crippen LogP contribution in [0.3, 0.4) is 0 Å². The van der Waals surface area contributed by atoms with E-state index in [-0.39, 0.29) is 0 Å². The van der Waals surface area contributed by atoms with Gasteiger partial charge in [0.2, 0.25) is 0 Å². The van der Waals surface area contributed by atoms with E-state index in [2.05, 4.69) is 13.8 Å². The summed E-state index contributed by atoms with van der Waals surface area (Å²) in [6, 6.07) is 0. The first-order valence-electron chi connectivity index (χ1n) is 3.84. The van der Waals surface area contributed by atoms with Crippen molar-refractivity contribution in [1.29, 1.82) is 0 Å². The van der Waals surface area contributed by atoms with Gasteiger partial charge in [0.05, 0.1) is 0 Å². The Morgan fingerprint density at radius 3 is 2.50 bits per heavy atom. The fourth-order valence-electron chi connectivity index (χ4n) is 1.27. The van der Waals surface area contributed by atoms with Crippen LogP contribution < -0.4 is 0 Å². The van der Waals surface area contributed by atoms with Crippen molar-refractivity contribution < 1.29 is 0 Å². The minimum atomic E-state index is 1.07. The molecule has 0 nitrogen and oxygen atoms in total. The average Bonchev–Trinajstić information content (AvgIpc) is 2.42. The summed E-state index contributed by atoms with van der Waals surface area (Å²) in [5, 5.41) is 0. The van der Waals surface area contributed by atoms with Gasteiger partial charge < -0.3 is 0 Å². The molecule has 0 aromatic rings. The van der Waals surface area contributed by atoms with Gasteiger partial charge >= 0.3 is 0 Å². The van der Waals surface area contributed by atoms with E-state index >= 15 is 0 Å². The van der Waals surface area contributed by atoms with Gasteiger partial charge in [0.15, 0.2) is 0 Å². The molecule has 8 heavy (non-hydrogen) atoms. The topological polar surface area (TPSA) is 0 Å². The molecule has 0 aromatic heterocycles. The quantitative estimate of drug-likeness (QED) is 0.526. The van der Waals surface area contributed by atoms with Crippen LogP contribution in [0.4, 0.5) is 0 Å². The minimum Gasteiger partial charge on any atom is -0.0654 e. The Morgan fingerprint density at radius 1 is 1.50 bits per heavy atom. The SMILES string of the molecule is CCCC[C@@H]1C[C@H]1C. The molecule has 1 aliphatic carbocycles. The lowest BCUT2D eigenvalue weighted by atomic mass is 10.2. The van der Waals surface area contributed by atoms with Gasteiger partial charge in [-0.25, -0.2) is 0 Å². The van der Waals surface area contributed by atoms with Gasteiger partial charge in [-0.3, -0.25) is 0 Å². The lowest BCUT2D eigenvalue weighted by Crippen LogP contribution is -1.77. The molecule has 1 fully saturated rings. The summed E-state index contributed by atoms with van der Waals surface area (Å²) in [7, 11) is 0. The van der Waals surface area contributed by atoms with E-state index in [4.69, 9.17) is 0 Å². The third kappa shape index (κ3) is 1.50. The van der Waals surface area contributed by atoms with Crippen molar-refractivity contribution in [2.75, 3.05) is 0 Å². The molecule has 0 bridgehead atoms. The first-order valence-corrected chi connectivity index (χ1v) is 3.84. The van der Waals surface area contributed by atoms with E-state index in [0.717, 1.165) is 11.8 Å². The molecule has 2 atom stereocenters. The van der Waals surface area contributed by atoms with E-state index < -0.39 is 0 Å². The number of hydrogen-bond donors (Lipinski definition) is 0. The second-order valence-corrected chi connectivity index (χ2v) is 3.12. The summed E-state index contributed by atoms with van der Waals surface area (Å²) in [4.78, 5) is 0. The van der Waals surface area contributed by atoms with Crippen molar-refractivity contribution >= 4 is 0 Å². The second kappa shape index (κ2) is 2.52. The summed E-state index contributed by atoms with van der Waals surface area (Å²) in [6.45, 7) is 4.63. The standard InChI is InChI=1S/C8H16/c1-3-4-5-8-6-7(8)2/h7-8H,3-6H2,1-2H3/t7-,8-/m1/s1. The molecule has 0 amide bonds. The zero-order chi connectivity index (χ0) is 5.98. The summed E-state index contributed by atoms with van der Waals surface area (Å²) >= 11 is 0. The van der Waals surface area contributed by atoms with Crippen molar-refractivity contribution in [2.45, 2.75) is 39.5 Å². The maximum atomic E-state index is 2.36. The van der Waals surface area contributed by atoms with Crippen LogP contribution in [0.1, 0.15) is 39.5 Å². The monoisotopic (exact) mass is 112 g/mol. The van der Waals surface area contributed by atoms with Crippen LogP contribution in [-0.4, -0.2) is 0 Å². The largest absolute Gasteiger partial charge is 0.0654 e. The Hall–Kier alpha value is 0. The highest BCUT2D eigenvalue weighted by molar-refractivity contribution is 4.81. The van der Waals surface area contributed by atoms with Crippen LogP contribution in [0.2, 0.25) is 0 Å². The van der Waals surface area contributed by atoms with Crippen molar-refractivity contribution in [3.63, 3.8) is 0 Å². The first-order chi connectivity index (χ1) is 3.84. The zero-order valence-corrected chi connectivity index (χ0v) is 5.98. The maximum absolute atomic E-state index is 2.36. The molecule has 0 heterocycles. The lowest BCUT2D eigenvalue weighted by molar-refractivity contribution is 0.620. The number of hydrogen-bond acceptors (Lipinski definition) is 0. The fraction of sp³-hybridized carbons (Fsp3) is 1.00. The highest BCUT2D eigenvalue weighted by Crippen LogP contribution is 2.41. The van der Waals surface area contributed by atoms with Crippen LogP contribution in [0.5, 0.6) is 0 Å². The Bertz CT molecular complexity index is 66.4. The number of unbranched alkanes of at least 4 members (excludes halogenated alkanes) is 1. The van der Waals surface area contributed by atoms with E-state index in [1.165, 1.54) is 25.7 Å². The van der Waals surface area contributed by atoms with Crippen LogP contribution in [-0.2, 0) is 0 Å². The fourth-order valence-corrected chi connectivity index (χ4v) is 1.27. The van der Waals surface area contributed by atoms with Crippen LogP contribution in [0.25, 0.3) is 0 Å². The van der Waals surface area contributed by atoms with Gasteiger partial charge in [-0.15, -0.1) is 0 Å². The smallest absolute Gasteiger partial charge is 0.0386 e. The molecule has 0 N–H and O–H groups in total. The van der Waals surface area contributed by atoms with Crippen LogP contribution in [0.15, 0.2) is 0 Å². The van der Waals surface area contributed by atoms with Crippen molar-refractivity contribution in [3.8, 4) is 0 Å². The van der Waals surface area contributed by atoms with Gasteiger partial charge in [0, 0.05) is 0 Å². The third-order valence-electron chi connectivity index (χ3n) is 2.20. The van der Waals surface area contributed by atoms with E-state index in [1.807, 2.05) is 0 Å². The molecule has 0 unspecified atom stereocenters. The molecule has 0 aliphatic heterocycles. The molecular weight excluding hydrogens is 96.1 g/mol. The highest BCUT2D eigenvalue weighted by atomic mass is 14.4. The predicted molar refractivity (Wildman–Crippen MR) is 36.8 cm³/mol. The van der Waals surface area contributed by atoms with Gasteiger partial charge in [-0.05, 0) is 18.3 Å². The summed E-state index contributed by atoms with van der Waals surface area (Å²) in [5.74, 6) is 2.19. The predicted octanol–water partition coefficient (Wildman–Crippen LogP) is 2.83. The molecular formula is C8H16. The van der Waals surface area contributed by atoms with Crippen molar-refractivity contribution in [1.82, 2.24) is 0 Å². The average molecular weight is 112 g/mol. The molecule has 0 spiro atoms. The minimum absolute atomic E-state index is 1.07. The first kappa shape index (κ1) is 6.12. The maximum Gasteiger partial charge on any atom is -0.0386 e. The molecule has 0 heteroatoms. The van der Waals surface area contributed by atoms with E-state index in [0.29, 0.717) is 0 Å². The summed E-state index contributed by atoms with van der Waals surface area (Å²) in [5.41, 5.74) is 0. The van der Waals surface area contributed by atoms with Crippen molar-refractivity contribution in [2.24, 2.45) is 11.8 Å². The highest BCUT2D eigenvalue weighted by Gasteiger charge is 2.30.